The third kappa shape index (κ3) is 3.92. The number of halogens is 1. The average Bonchev–Trinajstić information content (AvgIpc) is 2.47. The average molecular weight is 295 g/mol. The zero-order chi connectivity index (χ0) is 15.4. The molecule has 1 fully saturated rings. The summed E-state index contributed by atoms with van der Waals surface area (Å²) in [4.78, 5) is 13.8. The van der Waals surface area contributed by atoms with Gasteiger partial charge in [0.15, 0.2) is 0 Å². The first-order chi connectivity index (χ1) is 9.99. The zero-order valence-electron chi connectivity index (χ0n) is 12.6. The van der Waals surface area contributed by atoms with Gasteiger partial charge in [-0.2, -0.15) is 0 Å². The highest BCUT2D eigenvalue weighted by molar-refractivity contribution is 5.94. The highest BCUT2D eigenvalue weighted by Gasteiger charge is 2.22. The summed E-state index contributed by atoms with van der Waals surface area (Å²) in [6.07, 6.45) is -0.528. The molecule has 1 heterocycles. The van der Waals surface area contributed by atoms with Crippen molar-refractivity contribution in [1.82, 2.24) is 5.32 Å². The highest BCUT2D eigenvalue weighted by Crippen LogP contribution is 2.23. The van der Waals surface area contributed by atoms with Gasteiger partial charge in [0.25, 0.3) is 5.91 Å². The Morgan fingerprint density at radius 3 is 2.86 bits per heavy atom. The van der Waals surface area contributed by atoms with E-state index in [4.69, 9.17) is 4.74 Å². The molecule has 0 saturated carbocycles. The normalized spacial score (nSPS) is 18.6. The predicted molar refractivity (Wildman–Crippen MR) is 81.2 cm³/mol. The molecule has 1 atom stereocenters. The molecule has 1 aromatic carbocycles. The van der Waals surface area contributed by atoms with Crippen LogP contribution < -0.4 is 15.5 Å². The van der Waals surface area contributed by atoms with Gasteiger partial charge in [-0.1, -0.05) is 0 Å². The molecule has 2 rings (SSSR count). The van der Waals surface area contributed by atoms with E-state index in [9.17, 15) is 9.18 Å². The van der Waals surface area contributed by atoms with Gasteiger partial charge in [-0.25, -0.2) is 4.39 Å². The number of nitrogens with one attached hydrogen (secondary N) is 2. The number of carbonyl (C=O) groups is 1. The minimum Gasteiger partial charge on any atom is -0.370 e. The number of benzene rings is 1. The van der Waals surface area contributed by atoms with Gasteiger partial charge in [0.2, 0.25) is 0 Å². The molecule has 1 aliphatic heterocycles. The molecule has 116 valence electrons. The molecular weight excluding hydrogens is 273 g/mol. The molecule has 1 unspecified atom stereocenters. The number of ether oxygens (including phenoxy) is 1. The molecule has 2 N–H and O–H groups in total. The molecular formula is C15H22FN3O2. The lowest BCUT2D eigenvalue weighted by atomic mass is 10.2. The number of rotatable bonds is 4. The fourth-order valence-electron chi connectivity index (χ4n) is 2.11. The van der Waals surface area contributed by atoms with Crippen molar-refractivity contribution in [1.29, 1.82) is 0 Å². The van der Waals surface area contributed by atoms with E-state index in [-0.39, 0.29) is 17.8 Å². The van der Waals surface area contributed by atoms with E-state index in [2.05, 4.69) is 10.6 Å². The van der Waals surface area contributed by atoms with Crippen LogP contribution >= 0.6 is 0 Å². The molecule has 5 nitrogen and oxygen atoms in total. The van der Waals surface area contributed by atoms with Crippen molar-refractivity contribution in [3.8, 4) is 0 Å². The highest BCUT2D eigenvalue weighted by atomic mass is 19.1. The first-order valence-corrected chi connectivity index (χ1v) is 7.14. The summed E-state index contributed by atoms with van der Waals surface area (Å²) in [5.74, 6) is -0.613. The van der Waals surface area contributed by atoms with Crippen molar-refractivity contribution in [2.24, 2.45) is 0 Å². The van der Waals surface area contributed by atoms with Gasteiger partial charge in [-0.15, -0.1) is 0 Å². The number of hydrogen-bond donors (Lipinski definition) is 2. The maximum atomic E-state index is 14.1. The summed E-state index contributed by atoms with van der Waals surface area (Å²) >= 11 is 0. The third-order valence-electron chi connectivity index (χ3n) is 3.59. The molecule has 6 heteroatoms. The van der Waals surface area contributed by atoms with Crippen LogP contribution in [0.2, 0.25) is 0 Å². The molecule has 1 amide bonds. The van der Waals surface area contributed by atoms with Crippen molar-refractivity contribution in [2.75, 3.05) is 37.0 Å². The Morgan fingerprint density at radius 2 is 2.29 bits per heavy atom. The van der Waals surface area contributed by atoms with Crippen molar-refractivity contribution >= 4 is 17.3 Å². The fourth-order valence-corrected chi connectivity index (χ4v) is 2.11. The Bertz CT molecular complexity index is 502. The summed E-state index contributed by atoms with van der Waals surface area (Å²) in [5.41, 5.74) is 0.950. The number of carbonyl (C=O) groups excluding carboxylic acids is 1. The summed E-state index contributed by atoms with van der Waals surface area (Å²) in [7, 11) is 1.84. The molecule has 1 saturated heterocycles. The fraction of sp³-hybridized carbons (Fsp3) is 0.533. The van der Waals surface area contributed by atoms with Gasteiger partial charge in [0.05, 0.1) is 12.3 Å². The van der Waals surface area contributed by atoms with Crippen LogP contribution in [0.5, 0.6) is 0 Å². The van der Waals surface area contributed by atoms with Crippen LogP contribution in [0, 0.1) is 5.82 Å². The third-order valence-corrected chi connectivity index (χ3v) is 3.59. The van der Waals surface area contributed by atoms with E-state index in [1.54, 1.807) is 12.1 Å². The number of nitrogens with zero attached hydrogens (tertiary/aromatic N) is 1. The number of anilines is 2. The lowest BCUT2D eigenvalue weighted by molar-refractivity contribution is -0.128. The van der Waals surface area contributed by atoms with Crippen molar-refractivity contribution in [3.05, 3.63) is 24.0 Å². The maximum Gasteiger partial charge on any atom is 0.254 e. The molecule has 0 bridgehead atoms. The van der Waals surface area contributed by atoms with Crippen molar-refractivity contribution in [3.63, 3.8) is 0 Å². The van der Waals surface area contributed by atoms with E-state index in [0.29, 0.717) is 24.5 Å². The molecule has 21 heavy (non-hydrogen) atoms. The van der Waals surface area contributed by atoms with Gasteiger partial charge in [-0.05, 0) is 32.0 Å². The second-order valence-electron chi connectivity index (χ2n) is 5.42. The lowest BCUT2D eigenvalue weighted by Gasteiger charge is -2.25. The van der Waals surface area contributed by atoms with Crippen molar-refractivity contribution < 1.29 is 13.9 Å². The maximum absolute atomic E-state index is 14.1. The largest absolute Gasteiger partial charge is 0.370 e. The van der Waals surface area contributed by atoms with Crippen LogP contribution in [-0.4, -0.2) is 44.8 Å². The smallest absolute Gasteiger partial charge is 0.254 e. The topological polar surface area (TPSA) is 53.6 Å². The van der Waals surface area contributed by atoms with Gasteiger partial charge in [-0.3, -0.25) is 4.79 Å². The van der Waals surface area contributed by atoms with Crippen LogP contribution in [0.25, 0.3) is 0 Å². The monoisotopic (exact) mass is 295 g/mol. The molecule has 0 radical (unpaired) electrons. The van der Waals surface area contributed by atoms with E-state index in [0.717, 1.165) is 6.54 Å². The Hall–Kier alpha value is -1.66. The number of hydrogen-bond acceptors (Lipinski definition) is 4. The minimum atomic E-state index is -0.528. The predicted octanol–water partition coefficient (Wildman–Crippen LogP) is 1.60. The first kappa shape index (κ1) is 15.7. The Labute approximate surface area is 124 Å². The van der Waals surface area contributed by atoms with Crippen LogP contribution in [0.1, 0.15) is 13.8 Å². The molecule has 0 spiro atoms. The van der Waals surface area contributed by atoms with E-state index in [1.807, 2.05) is 25.8 Å². The Balaban J connectivity index is 2.04. The molecule has 1 aromatic rings. The molecule has 0 aliphatic carbocycles. The van der Waals surface area contributed by atoms with Crippen LogP contribution in [0.15, 0.2) is 18.2 Å². The van der Waals surface area contributed by atoms with Gasteiger partial charge in [0.1, 0.15) is 11.9 Å². The summed E-state index contributed by atoms with van der Waals surface area (Å²) in [6, 6.07) is 4.90. The summed E-state index contributed by atoms with van der Waals surface area (Å²) in [6.45, 7) is 5.70. The summed E-state index contributed by atoms with van der Waals surface area (Å²) in [5, 5.41) is 5.77. The van der Waals surface area contributed by atoms with Crippen molar-refractivity contribution in [2.45, 2.75) is 26.0 Å². The number of amides is 1. The second kappa shape index (κ2) is 6.87. The van der Waals surface area contributed by atoms with Crippen LogP contribution in [-0.2, 0) is 9.53 Å². The summed E-state index contributed by atoms with van der Waals surface area (Å²) < 4.78 is 19.5. The quantitative estimate of drug-likeness (QED) is 0.886. The minimum absolute atomic E-state index is 0.196. The van der Waals surface area contributed by atoms with Crippen LogP contribution in [0.3, 0.4) is 0 Å². The standard InChI is InChI=1S/C15H22FN3O2/c1-10(2)19(3)13-5-4-11(8-12(13)16)18-15(20)14-9-17-6-7-21-14/h4-5,8,10,14,17H,6-7,9H2,1-3H3,(H,18,20). The van der Waals surface area contributed by atoms with E-state index >= 15 is 0 Å². The van der Waals surface area contributed by atoms with Gasteiger partial charge >= 0.3 is 0 Å². The van der Waals surface area contributed by atoms with E-state index in [1.165, 1.54) is 6.07 Å². The second-order valence-corrected chi connectivity index (χ2v) is 5.42. The Kier molecular flexibility index (Phi) is 5.14. The zero-order valence-corrected chi connectivity index (χ0v) is 12.6. The Morgan fingerprint density at radius 1 is 1.52 bits per heavy atom. The van der Waals surface area contributed by atoms with E-state index < -0.39 is 6.10 Å². The first-order valence-electron chi connectivity index (χ1n) is 7.14. The lowest BCUT2D eigenvalue weighted by Crippen LogP contribution is -2.45. The molecule has 1 aliphatic rings. The SMILES string of the molecule is CC(C)N(C)c1ccc(NC(=O)C2CNCCO2)cc1F. The molecule has 0 aromatic heterocycles. The van der Waals surface area contributed by atoms with Gasteiger partial charge < -0.3 is 20.3 Å². The number of morpholine rings is 1. The van der Waals surface area contributed by atoms with Gasteiger partial charge in [0, 0.05) is 31.9 Å². The van der Waals surface area contributed by atoms with Crippen LogP contribution in [0.4, 0.5) is 15.8 Å².